The molecule has 0 aliphatic rings. The number of hydrogen-bond donors (Lipinski definition) is 2. The first kappa shape index (κ1) is 23.3. The van der Waals surface area contributed by atoms with E-state index in [4.69, 9.17) is 9.47 Å². The van der Waals surface area contributed by atoms with Gasteiger partial charge in [0.2, 0.25) is 5.91 Å². The minimum absolute atomic E-state index is 0.265. The topological polar surface area (TPSA) is 76.7 Å². The van der Waals surface area contributed by atoms with Gasteiger partial charge in [0, 0.05) is 11.3 Å². The van der Waals surface area contributed by atoms with E-state index in [-0.39, 0.29) is 6.61 Å². The molecule has 0 aliphatic carbocycles. The summed E-state index contributed by atoms with van der Waals surface area (Å²) in [6, 6.07) is 12.8. The van der Waals surface area contributed by atoms with Crippen LogP contribution in [-0.4, -0.2) is 29.7 Å². The molecule has 2 atom stereocenters. The van der Waals surface area contributed by atoms with Crippen molar-refractivity contribution in [2.45, 2.75) is 59.0 Å². The van der Waals surface area contributed by atoms with Crippen molar-refractivity contribution >= 4 is 17.7 Å². The number of nitrogens with one attached hydrogen (secondary N) is 2. The van der Waals surface area contributed by atoms with Crippen molar-refractivity contribution in [2.75, 3.05) is 5.32 Å². The first-order valence-corrected chi connectivity index (χ1v) is 9.78. The Balaban J connectivity index is 2.15. The third-order valence-corrected chi connectivity index (χ3v) is 4.31. The van der Waals surface area contributed by atoms with Gasteiger partial charge in [-0.15, -0.1) is 0 Å². The van der Waals surface area contributed by atoms with Crippen molar-refractivity contribution in [3.05, 3.63) is 65.5 Å². The summed E-state index contributed by atoms with van der Waals surface area (Å²) < 4.78 is 24.9. The lowest BCUT2D eigenvalue weighted by Crippen LogP contribution is -2.52. The molecule has 0 unspecified atom stereocenters. The monoisotopic (exact) mass is 416 g/mol. The lowest BCUT2D eigenvalue weighted by Gasteiger charge is -2.27. The SMILES string of the molecule is Cc1c(F)cccc1NC(=O)[C@H](NC(=O)OC(C)(C)C)[C@@H](C)OCc1ccccc1. The number of halogens is 1. The number of amides is 2. The average Bonchev–Trinajstić information content (AvgIpc) is 2.67. The predicted octanol–water partition coefficient (Wildman–Crippen LogP) is 4.57. The maximum atomic E-state index is 13.8. The van der Waals surface area contributed by atoms with E-state index >= 15 is 0 Å². The highest BCUT2D eigenvalue weighted by Gasteiger charge is 2.30. The Bertz CT molecular complexity index is 865. The van der Waals surface area contributed by atoms with Gasteiger partial charge in [-0.05, 0) is 52.3 Å². The number of benzene rings is 2. The molecule has 30 heavy (non-hydrogen) atoms. The summed E-state index contributed by atoms with van der Waals surface area (Å²) in [5.74, 6) is -0.965. The van der Waals surface area contributed by atoms with E-state index < -0.39 is 35.6 Å². The van der Waals surface area contributed by atoms with Crippen molar-refractivity contribution < 1.29 is 23.5 Å². The summed E-state index contributed by atoms with van der Waals surface area (Å²) in [5.41, 5.74) is 0.839. The van der Waals surface area contributed by atoms with Crippen LogP contribution in [0.4, 0.5) is 14.9 Å². The Kier molecular flexibility index (Phi) is 7.94. The quantitative estimate of drug-likeness (QED) is 0.693. The van der Waals surface area contributed by atoms with Crippen LogP contribution in [0.3, 0.4) is 0 Å². The minimum Gasteiger partial charge on any atom is -0.444 e. The van der Waals surface area contributed by atoms with Gasteiger partial charge in [-0.3, -0.25) is 4.79 Å². The van der Waals surface area contributed by atoms with Crippen LogP contribution in [-0.2, 0) is 20.9 Å². The van der Waals surface area contributed by atoms with Crippen molar-refractivity contribution in [3.63, 3.8) is 0 Å². The average molecular weight is 416 g/mol. The van der Waals surface area contributed by atoms with Gasteiger partial charge in [0.05, 0.1) is 12.7 Å². The molecule has 2 rings (SSSR count). The van der Waals surface area contributed by atoms with E-state index in [0.29, 0.717) is 11.3 Å². The van der Waals surface area contributed by atoms with Gasteiger partial charge >= 0.3 is 6.09 Å². The smallest absolute Gasteiger partial charge is 0.408 e. The number of hydrogen-bond acceptors (Lipinski definition) is 4. The fourth-order valence-electron chi connectivity index (χ4n) is 2.68. The number of carbonyl (C=O) groups is 2. The lowest BCUT2D eigenvalue weighted by atomic mass is 10.1. The van der Waals surface area contributed by atoms with Gasteiger partial charge in [-0.1, -0.05) is 36.4 Å². The molecule has 0 fully saturated rings. The summed E-state index contributed by atoms with van der Waals surface area (Å²) in [5, 5.41) is 5.24. The van der Waals surface area contributed by atoms with Crippen LogP contribution in [0.5, 0.6) is 0 Å². The minimum atomic E-state index is -1.05. The Morgan fingerprint density at radius 2 is 1.73 bits per heavy atom. The highest BCUT2D eigenvalue weighted by molar-refractivity contribution is 5.97. The van der Waals surface area contributed by atoms with Gasteiger partial charge in [0.1, 0.15) is 17.5 Å². The maximum absolute atomic E-state index is 13.8. The number of rotatable bonds is 7. The normalized spacial score (nSPS) is 13.3. The van der Waals surface area contributed by atoms with Gasteiger partial charge in [-0.2, -0.15) is 0 Å². The number of alkyl carbamates (subject to hydrolysis) is 1. The van der Waals surface area contributed by atoms with Gasteiger partial charge in [-0.25, -0.2) is 9.18 Å². The molecule has 0 radical (unpaired) electrons. The van der Waals surface area contributed by atoms with E-state index in [1.54, 1.807) is 40.7 Å². The Hall–Kier alpha value is -2.93. The van der Waals surface area contributed by atoms with Crippen LogP contribution in [0.15, 0.2) is 48.5 Å². The Morgan fingerprint density at radius 3 is 2.37 bits per heavy atom. The molecule has 2 N–H and O–H groups in total. The highest BCUT2D eigenvalue weighted by atomic mass is 19.1. The van der Waals surface area contributed by atoms with Gasteiger partial charge < -0.3 is 20.1 Å². The second kappa shape index (κ2) is 10.2. The van der Waals surface area contributed by atoms with Crippen LogP contribution in [0.25, 0.3) is 0 Å². The lowest BCUT2D eigenvalue weighted by molar-refractivity contribution is -0.122. The van der Waals surface area contributed by atoms with Crippen LogP contribution < -0.4 is 10.6 Å². The zero-order valence-corrected chi connectivity index (χ0v) is 18.0. The molecular formula is C23H29FN2O4. The fourth-order valence-corrected chi connectivity index (χ4v) is 2.68. The van der Waals surface area contributed by atoms with Gasteiger partial charge in [0.25, 0.3) is 0 Å². The third kappa shape index (κ3) is 7.15. The molecule has 0 bridgehead atoms. The van der Waals surface area contributed by atoms with Crippen molar-refractivity contribution in [1.29, 1.82) is 0 Å². The summed E-state index contributed by atoms with van der Waals surface area (Å²) in [6.45, 7) is 8.70. The largest absolute Gasteiger partial charge is 0.444 e. The number of carbonyl (C=O) groups excluding carboxylic acids is 2. The maximum Gasteiger partial charge on any atom is 0.408 e. The van der Waals surface area contributed by atoms with E-state index in [1.165, 1.54) is 12.1 Å². The second-order valence-electron chi connectivity index (χ2n) is 8.03. The molecular weight excluding hydrogens is 387 g/mol. The molecule has 0 aromatic heterocycles. The Morgan fingerprint density at radius 1 is 1.07 bits per heavy atom. The highest BCUT2D eigenvalue weighted by Crippen LogP contribution is 2.18. The summed E-state index contributed by atoms with van der Waals surface area (Å²) in [4.78, 5) is 25.2. The zero-order valence-electron chi connectivity index (χ0n) is 18.0. The molecule has 0 heterocycles. The van der Waals surface area contributed by atoms with E-state index in [0.717, 1.165) is 5.56 Å². The third-order valence-electron chi connectivity index (χ3n) is 4.31. The van der Waals surface area contributed by atoms with E-state index in [1.807, 2.05) is 30.3 Å². The molecule has 0 spiro atoms. The number of anilines is 1. The second-order valence-corrected chi connectivity index (χ2v) is 8.03. The fraction of sp³-hybridized carbons (Fsp3) is 0.391. The molecule has 0 saturated carbocycles. The van der Waals surface area contributed by atoms with Crippen LogP contribution in [0.2, 0.25) is 0 Å². The molecule has 0 aliphatic heterocycles. The summed E-state index contributed by atoms with van der Waals surface area (Å²) in [6.07, 6.45) is -1.42. The van der Waals surface area contributed by atoms with Crippen LogP contribution in [0, 0.1) is 12.7 Å². The van der Waals surface area contributed by atoms with Crippen molar-refractivity contribution in [1.82, 2.24) is 5.32 Å². The predicted molar refractivity (Wildman–Crippen MR) is 114 cm³/mol. The number of ether oxygens (including phenoxy) is 2. The van der Waals surface area contributed by atoms with Crippen LogP contribution >= 0.6 is 0 Å². The van der Waals surface area contributed by atoms with Gasteiger partial charge in [0.15, 0.2) is 0 Å². The van der Waals surface area contributed by atoms with E-state index in [2.05, 4.69) is 10.6 Å². The molecule has 2 aromatic rings. The molecule has 2 aromatic carbocycles. The van der Waals surface area contributed by atoms with Crippen LogP contribution in [0.1, 0.15) is 38.8 Å². The first-order valence-electron chi connectivity index (χ1n) is 9.78. The Labute approximate surface area is 176 Å². The molecule has 6 nitrogen and oxygen atoms in total. The zero-order chi connectivity index (χ0) is 22.3. The standard InChI is InChI=1S/C23H29FN2O4/c1-15-18(24)12-9-13-19(15)25-21(27)20(26-22(28)30-23(3,4)5)16(2)29-14-17-10-7-6-8-11-17/h6-13,16,20H,14H2,1-5H3,(H,25,27)(H,26,28)/t16-,20-/m1/s1. The molecule has 162 valence electrons. The summed E-state index contributed by atoms with van der Waals surface area (Å²) >= 11 is 0. The molecule has 0 saturated heterocycles. The molecule has 2 amide bonds. The molecule has 7 heteroatoms. The summed E-state index contributed by atoms with van der Waals surface area (Å²) in [7, 11) is 0. The van der Waals surface area contributed by atoms with Crippen molar-refractivity contribution in [3.8, 4) is 0 Å². The van der Waals surface area contributed by atoms with E-state index in [9.17, 15) is 14.0 Å². The van der Waals surface area contributed by atoms with Crippen molar-refractivity contribution in [2.24, 2.45) is 0 Å². The first-order chi connectivity index (χ1) is 14.1.